The van der Waals surface area contributed by atoms with Crippen molar-refractivity contribution in [2.24, 2.45) is 14.1 Å². The first-order valence-electron chi connectivity index (χ1n) is 14.0. The van der Waals surface area contributed by atoms with Crippen molar-refractivity contribution in [1.82, 2.24) is 29.9 Å². The fraction of sp³-hybridized carbons (Fsp3) is 0.212. The molecule has 11 heteroatoms. The van der Waals surface area contributed by atoms with Gasteiger partial charge in [0.25, 0.3) is 5.91 Å². The fourth-order valence-electron chi connectivity index (χ4n) is 4.97. The molecule has 0 radical (unpaired) electrons. The van der Waals surface area contributed by atoms with Gasteiger partial charge in [0.15, 0.2) is 5.82 Å². The number of nitrogens with one attached hydrogen (secondary N) is 2. The van der Waals surface area contributed by atoms with Gasteiger partial charge in [-0.3, -0.25) is 14.3 Å². The van der Waals surface area contributed by atoms with E-state index in [0.717, 1.165) is 22.3 Å². The fourth-order valence-corrected chi connectivity index (χ4v) is 5.16. The number of carbonyl (C=O) groups excluding carboxylic acids is 2. The second-order valence-corrected chi connectivity index (χ2v) is 11.2. The minimum Gasteiger partial charge on any atom is -0.339 e. The second kappa shape index (κ2) is 12.9. The highest BCUT2D eigenvalue weighted by atomic mass is 35.5. The van der Waals surface area contributed by atoms with E-state index in [0.29, 0.717) is 33.4 Å². The number of benzene rings is 3. The summed E-state index contributed by atoms with van der Waals surface area (Å²) in [5.41, 5.74) is 5.79. The molecule has 10 nitrogen and oxygen atoms in total. The minimum absolute atomic E-state index is 0.131. The molecule has 3 aromatic carbocycles. The first-order chi connectivity index (χ1) is 21.1. The summed E-state index contributed by atoms with van der Waals surface area (Å²) in [4.78, 5) is 26.9. The number of rotatable bonds is 9. The lowest BCUT2D eigenvalue weighted by molar-refractivity contribution is -0.118. The molecular formula is C33H31ClN8O2. The Morgan fingerprint density at radius 1 is 0.977 bits per heavy atom. The van der Waals surface area contributed by atoms with Crippen molar-refractivity contribution in [3.05, 3.63) is 107 Å². The zero-order chi connectivity index (χ0) is 31.4. The molecule has 44 heavy (non-hydrogen) atoms. The van der Waals surface area contributed by atoms with Crippen molar-refractivity contribution in [2.45, 2.75) is 32.2 Å². The average Bonchev–Trinajstić information content (AvgIpc) is 3.65. The van der Waals surface area contributed by atoms with Gasteiger partial charge < -0.3 is 15.2 Å². The first-order valence-corrected chi connectivity index (χ1v) is 14.4. The highest BCUT2D eigenvalue weighted by molar-refractivity contribution is 6.31. The third-order valence-electron chi connectivity index (χ3n) is 7.39. The zero-order valence-electron chi connectivity index (χ0n) is 24.7. The summed E-state index contributed by atoms with van der Waals surface area (Å²) in [5, 5.41) is 27.9. The van der Waals surface area contributed by atoms with Crippen molar-refractivity contribution >= 4 is 29.1 Å². The molecule has 0 aliphatic carbocycles. The SMILES string of the molecule is CC(C)c1cc(-c2ccc(Cl)c(CC(NC(=O)c3ccnn3C)C(=O)Nc3ccc(-c4nncn4C)cc3)c2)ccc1C#N. The number of aryl methyl sites for hydroxylation is 2. The molecule has 2 heterocycles. The Bertz CT molecular complexity index is 1870. The van der Waals surface area contributed by atoms with E-state index in [-0.39, 0.29) is 12.3 Å². The van der Waals surface area contributed by atoms with Crippen LogP contribution in [0.15, 0.2) is 79.3 Å². The summed E-state index contributed by atoms with van der Waals surface area (Å²) in [6.45, 7) is 4.09. The van der Waals surface area contributed by atoms with E-state index in [1.807, 2.05) is 63.4 Å². The molecule has 2 aromatic heterocycles. The maximum Gasteiger partial charge on any atom is 0.270 e. The molecule has 0 fully saturated rings. The first kappa shape index (κ1) is 30.2. The number of nitriles is 1. The van der Waals surface area contributed by atoms with Gasteiger partial charge >= 0.3 is 0 Å². The summed E-state index contributed by atoms with van der Waals surface area (Å²) in [6, 6.07) is 21.4. The van der Waals surface area contributed by atoms with Crippen molar-refractivity contribution in [3.63, 3.8) is 0 Å². The van der Waals surface area contributed by atoms with Crippen LogP contribution in [0.25, 0.3) is 22.5 Å². The molecule has 5 aromatic rings. The summed E-state index contributed by atoms with van der Waals surface area (Å²) in [5.74, 6) is 0.0141. The number of nitrogens with zero attached hydrogens (tertiary/aromatic N) is 6. The van der Waals surface area contributed by atoms with Crippen LogP contribution in [0.5, 0.6) is 0 Å². The summed E-state index contributed by atoms with van der Waals surface area (Å²) in [6.07, 6.45) is 3.27. The second-order valence-electron chi connectivity index (χ2n) is 10.8. The van der Waals surface area contributed by atoms with Gasteiger partial charge in [-0.15, -0.1) is 10.2 Å². The quantitative estimate of drug-likeness (QED) is 0.227. The summed E-state index contributed by atoms with van der Waals surface area (Å²) < 4.78 is 3.25. The predicted octanol–water partition coefficient (Wildman–Crippen LogP) is 5.51. The van der Waals surface area contributed by atoms with Crippen molar-refractivity contribution in [1.29, 1.82) is 5.26 Å². The number of carbonyl (C=O) groups is 2. The predicted molar refractivity (Wildman–Crippen MR) is 169 cm³/mol. The molecule has 0 saturated heterocycles. The van der Waals surface area contributed by atoms with Crippen LogP contribution in [0, 0.1) is 11.3 Å². The van der Waals surface area contributed by atoms with Crippen molar-refractivity contribution in [3.8, 4) is 28.6 Å². The van der Waals surface area contributed by atoms with Crippen LogP contribution in [0.4, 0.5) is 5.69 Å². The number of halogens is 1. The van der Waals surface area contributed by atoms with Crippen LogP contribution in [-0.4, -0.2) is 42.4 Å². The number of aromatic nitrogens is 5. The van der Waals surface area contributed by atoms with Crippen LogP contribution in [-0.2, 0) is 25.3 Å². The van der Waals surface area contributed by atoms with E-state index in [1.165, 1.54) is 10.9 Å². The van der Waals surface area contributed by atoms with E-state index < -0.39 is 17.9 Å². The maximum atomic E-state index is 13.7. The molecule has 0 bridgehead atoms. The Hall–Kier alpha value is -5.27. The average molecular weight is 607 g/mol. The van der Waals surface area contributed by atoms with Gasteiger partial charge in [0.05, 0.1) is 11.6 Å². The molecule has 0 aliphatic heterocycles. The highest BCUT2D eigenvalue weighted by Gasteiger charge is 2.25. The van der Waals surface area contributed by atoms with Gasteiger partial charge in [-0.2, -0.15) is 10.4 Å². The van der Waals surface area contributed by atoms with E-state index in [2.05, 4.69) is 32.0 Å². The minimum atomic E-state index is -0.962. The van der Waals surface area contributed by atoms with Gasteiger partial charge in [-0.05, 0) is 82.8 Å². The molecule has 2 amide bonds. The molecule has 0 aliphatic rings. The van der Waals surface area contributed by atoms with Crippen LogP contribution in [0.3, 0.4) is 0 Å². The summed E-state index contributed by atoms with van der Waals surface area (Å²) in [7, 11) is 3.51. The maximum absolute atomic E-state index is 13.7. The Morgan fingerprint density at radius 2 is 1.68 bits per heavy atom. The standard InChI is InChI=1S/C33H31ClN8O2/c1-20(2)27-16-23(5-6-24(27)18-35)22-9-12-28(34)25(15-22)17-29(39-33(44)30-13-14-37-42(30)4)32(43)38-26-10-7-21(8-11-26)31-40-36-19-41(31)3/h5-16,19-20,29H,17H2,1-4H3,(H,38,43)(H,39,44). The number of hydrogen-bond acceptors (Lipinski definition) is 6. The number of anilines is 1. The van der Waals surface area contributed by atoms with Gasteiger partial charge in [-0.25, -0.2) is 0 Å². The van der Waals surface area contributed by atoms with E-state index in [9.17, 15) is 14.9 Å². The van der Waals surface area contributed by atoms with Crippen molar-refractivity contribution < 1.29 is 9.59 Å². The Morgan fingerprint density at radius 3 is 2.32 bits per heavy atom. The van der Waals surface area contributed by atoms with Gasteiger partial charge in [0, 0.05) is 43.0 Å². The highest BCUT2D eigenvalue weighted by Crippen LogP contribution is 2.30. The Kier molecular flexibility index (Phi) is 8.88. The molecule has 0 saturated carbocycles. The van der Waals surface area contributed by atoms with E-state index in [1.54, 1.807) is 42.2 Å². The number of hydrogen-bond donors (Lipinski definition) is 2. The van der Waals surface area contributed by atoms with E-state index in [4.69, 9.17) is 11.6 Å². The molecule has 2 N–H and O–H groups in total. The third-order valence-corrected chi connectivity index (χ3v) is 7.76. The normalized spacial score (nSPS) is 11.7. The molecule has 1 atom stereocenters. The third kappa shape index (κ3) is 6.53. The largest absolute Gasteiger partial charge is 0.339 e. The lowest BCUT2D eigenvalue weighted by atomic mass is 9.92. The zero-order valence-corrected chi connectivity index (χ0v) is 25.5. The monoisotopic (exact) mass is 606 g/mol. The molecule has 222 valence electrons. The van der Waals surface area contributed by atoms with Gasteiger partial charge in [0.1, 0.15) is 18.1 Å². The molecular weight excluding hydrogens is 576 g/mol. The topological polar surface area (TPSA) is 131 Å². The lowest BCUT2D eigenvalue weighted by Gasteiger charge is -2.20. The van der Waals surface area contributed by atoms with Gasteiger partial charge in [0.2, 0.25) is 5.91 Å². The molecule has 5 rings (SSSR count). The Labute approximate surface area is 260 Å². The number of amides is 2. The summed E-state index contributed by atoms with van der Waals surface area (Å²) >= 11 is 6.65. The van der Waals surface area contributed by atoms with Crippen molar-refractivity contribution in [2.75, 3.05) is 5.32 Å². The van der Waals surface area contributed by atoms with Crippen LogP contribution >= 0.6 is 11.6 Å². The lowest BCUT2D eigenvalue weighted by Crippen LogP contribution is -2.45. The molecule has 0 spiro atoms. The van der Waals surface area contributed by atoms with Crippen LogP contribution in [0.1, 0.15) is 46.9 Å². The molecule has 1 unspecified atom stereocenters. The Balaban J connectivity index is 1.43. The van der Waals surface area contributed by atoms with E-state index >= 15 is 0 Å². The van der Waals surface area contributed by atoms with Gasteiger partial charge in [-0.1, -0.05) is 37.6 Å². The van der Waals surface area contributed by atoms with Crippen LogP contribution < -0.4 is 10.6 Å². The van der Waals surface area contributed by atoms with Crippen LogP contribution in [0.2, 0.25) is 5.02 Å². The smallest absolute Gasteiger partial charge is 0.270 e.